The number of benzene rings is 1. The molecule has 1 aromatic carbocycles. The third kappa shape index (κ3) is 4.35. The standard InChI is InChI=1S/C15H15N3O5S/c1-21-10-5-4-9(6-11(10)22-2)8-16-18-15-17-14(20)12(24-15)7-13(19)23-3/h4-8H,1-3H3,(H,17,18,20)/b12-7+,16-8?. The highest BCUT2D eigenvalue weighted by Crippen LogP contribution is 2.27. The van der Waals surface area contributed by atoms with Crippen LogP contribution in [0.15, 0.2) is 39.4 Å². The van der Waals surface area contributed by atoms with Crippen LogP contribution in [0.3, 0.4) is 0 Å². The van der Waals surface area contributed by atoms with Crippen molar-refractivity contribution in [3.05, 3.63) is 34.7 Å². The van der Waals surface area contributed by atoms with Crippen molar-refractivity contribution in [3.8, 4) is 11.5 Å². The van der Waals surface area contributed by atoms with Gasteiger partial charge >= 0.3 is 5.97 Å². The lowest BCUT2D eigenvalue weighted by Crippen LogP contribution is -2.19. The first-order valence-electron chi connectivity index (χ1n) is 6.69. The average molecular weight is 349 g/mol. The van der Waals surface area contributed by atoms with Crippen molar-refractivity contribution in [3.63, 3.8) is 0 Å². The number of ether oxygens (including phenoxy) is 3. The quantitative estimate of drug-likeness (QED) is 0.372. The van der Waals surface area contributed by atoms with Gasteiger partial charge in [0, 0.05) is 6.08 Å². The summed E-state index contributed by atoms with van der Waals surface area (Å²) in [5.41, 5.74) is 0.747. The van der Waals surface area contributed by atoms with Crippen LogP contribution in [0.1, 0.15) is 5.56 Å². The van der Waals surface area contributed by atoms with E-state index in [0.29, 0.717) is 11.5 Å². The molecule has 1 heterocycles. The maximum absolute atomic E-state index is 11.7. The van der Waals surface area contributed by atoms with E-state index in [9.17, 15) is 9.59 Å². The molecule has 1 fully saturated rings. The Labute approximate surface area is 142 Å². The van der Waals surface area contributed by atoms with Crippen LogP contribution >= 0.6 is 11.8 Å². The average Bonchev–Trinajstić information content (AvgIpc) is 2.94. The number of nitrogens with one attached hydrogen (secondary N) is 1. The number of thioether (sulfide) groups is 1. The predicted octanol–water partition coefficient (Wildman–Crippen LogP) is 1.31. The van der Waals surface area contributed by atoms with Gasteiger partial charge in [0.05, 0.1) is 32.4 Å². The van der Waals surface area contributed by atoms with E-state index in [-0.39, 0.29) is 10.1 Å². The van der Waals surface area contributed by atoms with Gasteiger partial charge in [0.25, 0.3) is 5.91 Å². The number of esters is 1. The van der Waals surface area contributed by atoms with E-state index < -0.39 is 11.9 Å². The van der Waals surface area contributed by atoms with Gasteiger partial charge in [-0.25, -0.2) is 4.79 Å². The molecule has 1 aromatic rings. The molecule has 8 nitrogen and oxygen atoms in total. The minimum Gasteiger partial charge on any atom is -0.493 e. The molecular formula is C15H15N3O5S. The number of amides is 1. The zero-order valence-electron chi connectivity index (χ0n) is 13.2. The van der Waals surface area contributed by atoms with E-state index in [1.165, 1.54) is 13.3 Å². The van der Waals surface area contributed by atoms with Crippen LogP contribution in [-0.2, 0) is 14.3 Å². The Morgan fingerprint density at radius 1 is 1.21 bits per heavy atom. The molecule has 1 N–H and O–H groups in total. The van der Waals surface area contributed by atoms with E-state index in [1.807, 2.05) is 0 Å². The van der Waals surface area contributed by atoms with Crippen LogP contribution < -0.4 is 14.8 Å². The number of hydrogen-bond donors (Lipinski definition) is 1. The number of nitrogens with zero attached hydrogens (tertiary/aromatic N) is 2. The molecule has 0 aliphatic carbocycles. The molecular weight excluding hydrogens is 334 g/mol. The van der Waals surface area contributed by atoms with Crippen molar-refractivity contribution in [1.29, 1.82) is 0 Å². The third-order valence-corrected chi connectivity index (χ3v) is 3.76. The first kappa shape index (κ1) is 17.5. The molecule has 0 atom stereocenters. The van der Waals surface area contributed by atoms with Crippen molar-refractivity contribution >= 4 is 35.0 Å². The topological polar surface area (TPSA) is 98.6 Å². The second-order valence-corrected chi connectivity index (χ2v) is 5.38. The Morgan fingerprint density at radius 3 is 2.62 bits per heavy atom. The van der Waals surface area contributed by atoms with Crippen LogP contribution in [0.5, 0.6) is 11.5 Å². The normalized spacial score (nSPS) is 17.4. The fourth-order valence-corrected chi connectivity index (χ4v) is 2.46. The molecule has 1 aliphatic heterocycles. The maximum Gasteiger partial charge on any atom is 0.331 e. The second-order valence-electron chi connectivity index (χ2n) is 4.35. The van der Waals surface area contributed by atoms with E-state index in [0.717, 1.165) is 23.4 Å². The van der Waals surface area contributed by atoms with E-state index in [4.69, 9.17) is 9.47 Å². The number of hydrogen-bond acceptors (Lipinski definition) is 8. The summed E-state index contributed by atoms with van der Waals surface area (Å²) in [4.78, 5) is 23.0. The van der Waals surface area contributed by atoms with Crippen LogP contribution in [0, 0.1) is 0 Å². The number of amidine groups is 1. The maximum atomic E-state index is 11.7. The summed E-state index contributed by atoms with van der Waals surface area (Å²) in [7, 11) is 4.33. The number of rotatable bonds is 5. The molecule has 9 heteroatoms. The molecule has 0 bridgehead atoms. The molecule has 1 saturated heterocycles. The highest BCUT2D eigenvalue weighted by molar-refractivity contribution is 8.18. The molecule has 0 aromatic heterocycles. The highest BCUT2D eigenvalue weighted by atomic mass is 32.2. The minimum atomic E-state index is -0.609. The summed E-state index contributed by atoms with van der Waals surface area (Å²) >= 11 is 1.00. The lowest BCUT2D eigenvalue weighted by Gasteiger charge is -2.07. The minimum absolute atomic E-state index is 0.196. The summed E-state index contributed by atoms with van der Waals surface area (Å²) in [6, 6.07) is 5.27. The monoisotopic (exact) mass is 349 g/mol. The summed E-state index contributed by atoms with van der Waals surface area (Å²) in [6.07, 6.45) is 2.60. The Hall–Kier alpha value is -2.81. The van der Waals surface area contributed by atoms with E-state index in [1.54, 1.807) is 32.4 Å². The second kappa shape index (κ2) is 8.16. The first-order valence-corrected chi connectivity index (χ1v) is 7.51. The van der Waals surface area contributed by atoms with Crippen LogP contribution in [0.4, 0.5) is 0 Å². The number of carbonyl (C=O) groups excluding carboxylic acids is 2. The molecule has 0 spiro atoms. The molecule has 0 unspecified atom stereocenters. The predicted molar refractivity (Wildman–Crippen MR) is 90.4 cm³/mol. The van der Waals surface area contributed by atoms with Crippen LogP contribution in [0.25, 0.3) is 0 Å². The van der Waals surface area contributed by atoms with Crippen molar-refractivity contribution in [1.82, 2.24) is 5.32 Å². The molecule has 1 amide bonds. The van der Waals surface area contributed by atoms with Crippen molar-refractivity contribution in [2.75, 3.05) is 21.3 Å². The van der Waals surface area contributed by atoms with Gasteiger partial charge in [-0.2, -0.15) is 5.10 Å². The Balaban J connectivity index is 2.08. The molecule has 24 heavy (non-hydrogen) atoms. The number of methoxy groups -OCH3 is 3. The Morgan fingerprint density at radius 2 is 1.96 bits per heavy atom. The fourth-order valence-electron chi connectivity index (χ4n) is 1.72. The van der Waals surface area contributed by atoms with Gasteiger partial charge in [-0.05, 0) is 35.5 Å². The van der Waals surface area contributed by atoms with Crippen molar-refractivity contribution in [2.24, 2.45) is 10.2 Å². The molecule has 1 aliphatic rings. The third-order valence-electron chi connectivity index (χ3n) is 2.86. The zero-order chi connectivity index (χ0) is 17.5. The lowest BCUT2D eigenvalue weighted by molar-refractivity contribution is -0.135. The highest BCUT2D eigenvalue weighted by Gasteiger charge is 2.24. The Bertz CT molecular complexity index is 743. The van der Waals surface area contributed by atoms with Crippen molar-refractivity contribution < 1.29 is 23.8 Å². The SMILES string of the molecule is COC(=O)/C=C1/S/C(=N\N=Cc2ccc(OC)c(OC)c2)NC1=O. The van der Waals surface area contributed by atoms with Gasteiger partial charge in [-0.3, -0.25) is 10.1 Å². The number of carbonyl (C=O) groups is 2. The van der Waals surface area contributed by atoms with Crippen molar-refractivity contribution in [2.45, 2.75) is 0 Å². The van der Waals surface area contributed by atoms with E-state index in [2.05, 4.69) is 20.3 Å². The lowest BCUT2D eigenvalue weighted by atomic mass is 10.2. The smallest absolute Gasteiger partial charge is 0.331 e. The van der Waals surface area contributed by atoms with Gasteiger partial charge in [-0.15, -0.1) is 5.10 Å². The molecule has 0 saturated carbocycles. The summed E-state index contributed by atoms with van der Waals surface area (Å²) in [6.45, 7) is 0. The van der Waals surface area contributed by atoms with E-state index >= 15 is 0 Å². The molecule has 126 valence electrons. The molecule has 0 radical (unpaired) electrons. The largest absolute Gasteiger partial charge is 0.493 e. The Kier molecular flexibility index (Phi) is 5.96. The van der Waals surface area contributed by atoms with Gasteiger partial charge < -0.3 is 14.2 Å². The fraction of sp³-hybridized carbons (Fsp3) is 0.200. The van der Waals surface area contributed by atoms with Gasteiger partial charge in [0.1, 0.15) is 0 Å². The summed E-state index contributed by atoms with van der Waals surface area (Å²) in [5, 5.41) is 10.6. The molecule has 2 rings (SSSR count). The summed E-state index contributed by atoms with van der Waals surface area (Å²) < 4.78 is 14.8. The van der Waals surface area contributed by atoms with Gasteiger partial charge in [0.15, 0.2) is 16.7 Å². The van der Waals surface area contributed by atoms with Gasteiger partial charge in [-0.1, -0.05) is 0 Å². The summed E-state index contributed by atoms with van der Waals surface area (Å²) in [5.74, 6) is 0.145. The zero-order valence-corrected chi connectivity index (χ0v) is 14.0. The first-order chi connectivity index (χ1) is 11.6. The van der Waals surface area contributed by atoms with Crippen LogP contribution in [-0.4, -0.2) is 44.6 Å². The van der Waals surface area contributed by atoms with Crippen LogP contribution in [0.2, 0.25) is 0 Å². The van der Waals surface area contributed by atoms with Gasteiger partial charge in [0.2, 0.25) is 0 Å².